The molecule has 4 rings (SSSR count). The van der Waals surface area contributed by atoms with E-state index >= 15 is 0 Å². The van der Waals surface area contributed by atoms with Crippen LogP contribution in [0.4, 0.5) is 0 Å². The smallest absolute Gasteiger partial charge is 0.155 e. The third kappa shape index (κ3) is 1.26. The molecule has 0 saturated heterocycles. The maximum absolute atomic E-state index is 13.3. The Hall–Kier alpha value is -1.89. The SMILES string of the molecule is CC1(C)C2(CC2)C(=O)C1(c1ccccc1)c1ccccc1. The van der Waals surface area contributed by atoms with Crippen molar-refractivity contribution in [3.63, 3.8) is 0 Å². The van der Waals surface area contributed by atoms with E-state index < -0.39 is 5.41 Å². The topological polar surface area (TPSA) is 17.1 Å². The lowest BCUT2D eigenvalue weighted by Crippen LogP contribution is -2.68. The van der Waals surface area contributed by atoms with E-state index in [2.05, 4.69) is 38.1 Å². The quantitative estimate of drug-likeness (QED) is 0.796. The Morgan fingerprint density at radius 1 is 0.762 bits per heavy atom. The first-order valence-corrected chi connectivity index (χ1v) is 7.73. The lowest BCUT2D eigenvalue weighted by Gasteiger charge is -2.61. The van der Waals surface area contributed by atoms with E-state index in [1.165, 1.54) is 0 Å². The molecule has 2 aromatic rings. The molecule has 0 unspecified atom stereocenters. The molecular formula is C20H20O. The van der Waals surface area contributed by atoms with E-state index in [0.29, 0.717) is 5.78 Å². The van der Waals surface area contributed by atoms with E-state index in [4.69, 9.17) is 0 Å². The van der Waals surface area contributed by atoms with Gasteiger partial charge in [-0.05, 0) is 29.4 Å². The first-order chi connectivity index (χ1) is 10.1. The number of carbonyl (C=O) groups excluding carboxylic acids is 1. The van der Waals surface area contributed by atoms with Crippen LogP contribution in [-0.2, 0) is 10.2 Å². The predicted molar refractivity (Wildman–Crippen MR) is 84.1 cm³/mol. The van der Waals surface area contributed by atoms with Gasteiger partial charge in [-0.2, -0.15) is 0 Å². The highest BCUT2D eigenvalue weighted by atomic mass is 16.1. The fraction of sp³-hybridized carbons (Fsp3) is 0.350. The number of hydrogen-bond acceptors (Lipinski definition) is 1. The molecular weight excluding hydrogens is 256 g/mol. The molecule has 1 nitrogen and oxygen atoms in total. The second-order valence-corrected chi connectivity index (χ2v) is 7.02. The summed E-state index contributed by atoms with van der Waals surface area (Å²) in [5.74, 6) is 0.428. The van der Waals surface area contributed by atoms with Crippen LogP contribution in [0.25, 0.3) is 0 Å². The van der Waals surface area contributed by atoms with Crippen molar-refractivity contribution in [2.45, 2.75) is 32.1 Å². The van der Waals surface area contributed by atoms with Crippen molar-refractivity contribution >= 4 is 5.78 Å². The zero-order chi connectivity index (χ0) is 14.7. The van der Waals surface area contributed by atoms with Crippen LogP contribution in [-0.4, -0.2) is 5.78 Å². The van der Waals surface area contributed by atoms with E-state index in [-0.39, 0.29) is 10.8 Å². The largest absolute Gasteiger partial charge is 0.298 e. The summed E-state index contributed by atoms with van der Waals surface area (Å²) < 4.78 is 0. The average molecular weight is 276 g/mol. The van der Waals surface area contributed by atoms with Gasteiger partial charge in [-0.15, -0.1) is 0 Å². The van der Waals surface area contributed by atoms with E-state index in [1.54, 1.807) is 0 Å². The van der Waals surface area contributed by atoms with E-state index in [1.807, 2.05) is 36.4 Å². The van der Waals surface area contributed by atoms with Crippen molar-refractivity contribution in [1.29, 1.82) is 0 Å². The molecule has 1 spiro atoms. The van der Waals surface area contributed by atoms with E-state index in [0.717, 1.165) is 24.0 Å². The molecule has 106 valence electrons. The van der Waals surface area contributed by atoms with Gasteiger partial charge in [-0.25, -0.2) is 0 Å². The van der Waals surface area contributed by atoms with Gasteiger partial charge in [0.2, 0.25) is 0 Å². The van der Waals surface area contributed by atoms with Gasteiger partial charge in [0.15, 0.2) is 5.78 Å². The van der Waals surface area contributed by atoms with Gasteiger partial charge in [0.05, 0.1) is 5.41 Å². The van der Waals surface area contributed by atoms with Crippen LogP contribution in [0.1, 0.15) is 37.8 Å². The molecule has 0 radical (unpaired) electrons. The summed E-state index contributed by atoms with van der Waals surface area (Å²) in [7, 11) is 0. The van der Waals surface area contributed by atoms with Crippen molar-refractivity contribution in [3.8, 4) is 0 Å². The lowest BCUT2D eigenvalue weighted by molar-refractivity contribution is -0.158. The van der Waals surface area contributed by atoms with Gasteiger partial charge in [-0.1, -0.05) is 74.5 Å². The first-order valence-electron chi connectivity index (χ1n) is 7.73. The van der Waals surface area contributed by atoms with Crippen LogP contribution in [0.2, 0.25) is 0 Å². The number of Topliss-reactive ketones (excluding diaryl/α,β-unsaturated/α-hetero) is 1. The standard InChI is InChI=1S/C20H20O/c1-18(2)19(13-14-19)17(21)20(18,15-9-5-3-6-10-15)16-11-7-4-8-12-16/h3-12H,13-14H2,1-2H3. The maximum Gasteiger partial charge on any atom is 0.155 e. The molecule has 21 heavy (non-hydrogen) atoms. The van der Waals surface area contributed by atoms with Gasteiger partial charge < -0.3 is 0 Å². The van der Waals surface area contributed by atoms with Crippen LogP contribution >= 0.6 is 0 Å². The summed E-state index contributed by atoms with van der Waals surface area (Å²) in [4.78, 5) is 13.3. The summed E-state index contributed by atoms with van der Waals surface area (Å²) in [6, 6.07) is 20.7. The van der Waals surface area contributed by atoms with Crippen molar-refractivity contribution in [2.24, 2.45) is 10.8 Å². The van der Waals surface area contributed by atoms with Crippen LogP contribution in [0, 0.1) is 10.8 Å². The number of benzene rings is 2. The Labute approximate surface area is 126 Å². The molecule has 2 fully saturated rings. The number of hydrogen-bond donors (Lipinski definition) is 0. The molecule has 2 saturated carbocycles. The monoisotopic (exact) mass is 276 g/mol. The molecule has 0 bridgehead atoms. The minimum atomic E-state index is -0.480. The molecule has 0 N–H and O–H groups in total. The molecule has 2 aromatic carbocycles. The third-order valence-electron chi connectivity index (χ3n) is 6.07. The number of carbonyl (C=O) groups is 1. The zero-order valence-electron chi connectivity index (χ0n) is 12.6. The van der Waals surface area contributed by atoms with Gasteiger partial charge >= 0.3 is 0 Å². The summed E-state index contributed by atoms with van der Waals surface area (Å²) in [6.07, 6.45) is 2.11. The molecule has 1 heteroatoms. The van der Waals surface area contributed by atoms with Gasteiger partial charge in [0.25, 0.3) is 0 Å². The van der Waals surface area contributed by atoms with Crippen molar-refractivity contribution in [3.05, 3.63) is 71.8 Å². The predicted octanol–water partition coefficient (Wildman–Crippen LogP) is 4.36. The summed E-state index contributed by atoms with van der Waals surface area (Å²) in [6.45, 7) is 4.56. The normalized spacial score (nSPS) is 23.6. The second kappa shape index (κ2) is 3.85. The minimum absolute atomic E-state index is 0.0280. The molecule has 0 heterocycles. The molecule has 0 aromatic heterocycles. The van der Waals surface area contributed by atoms with Crippen molar-refractivity contribution < 1.29 is 4.79 Å². The van der Waals surface area contributed by atoms with Crippen LogP contribution < -0.4 is 0 Å². The average Bonchev–Trinajstić information content (AvgIpc) is 3.33. The van der Waals surface area contributed by atoms with Gasteiger partial charge in [0, 0.05) is 5.41 Å². The summed E-state index contributed by atoms with van der Waals surface area (Å²) in [5, 5.41) is 0. The number of ketones is 1. The number of rotatable bonds is 2. The highest BCUT2D eigenvalue weighted by Crippen LogP contribution is 2.78. The highest BCUT2D eigenvalue weighted by molar-refractivity contribution is 6.08. The minimum Gasteiger partial charge on any atom is -0.298 e. The third-order valence-corrected chi connectivity index (χ3v) is 6.07. The fourth-order valence-electron chi connectivity index (χ4n) is 4.73. The molecule has 0 aliphatic heterocycles. The Morgan fingerprint density at radius 2 is 1.19 bits per heavy atom. The second-order valence-electron chi connectivity index (χ2n) is 7.02. The van der Waals surface area contributed by atoms with Crippen LogP contribution in [0.15, 0.2) is 60.7 Å². The highest BCUT2D eigenvalue weighted by Gasteiger charge is 2.81. The van der Waals surface area contributed by atoms with Gasteiger partial charge in [0.1, 0.15) is 0 Å². The molecule has 2 aliphatic rings. The van der Waals surface area contributed by atoms with Crippen LogP contribution in [0.3, 0.4) is 0 Å². The molecule has 0 amide bonds. The Bertz CT molecular complexity index is 654. The first kappa shape index (κ1) is 12.8. The Morgan fingerprint density at radius 3 is 1.52 bits per heavy atom. The Balaban J connectivity index is 2.00. The van der Waals surface area contributed by atoms with Crippen LogP contribution in [0.5, 0.6) is 0 Å². The molecule has 2 aliphatic carbocycles. The zero-order valence-corrected chi connectivity index (χ0v) is 12.6. The molecule has 0 atom stereocenters. The van der Waals surface area contributed by atoms with Crippen molar-refractivity contribution in [2.75, 3.05) is 0 Å². The van der Waals surface area contributed by atoms with E-state index in [9.17, 15) is 4.79 Å². The summed E-state index contributed by atoms with van der Waals surface area (Å²) in [5.41, 5.74) is 1.71. The lowest BCUT2D eigenvalue weighted by atomic mass is 9.38. The van der Waals surface area contributed by atoms with Crippen molar-refractivity contribution in [1.82, 2.24) is 0 Å². The Kier molecular flexibility index (Phi) is 2.35. The summed E-state index contributed by atoms with van der Waals surface area (Å²) >= 11 is 0. The fourth-order valence-corrected chi connectivity index (χ4v) is 4.73. The van der Waals surface area contributed by atoms with Gasteiger partial charge in [-0.3, -0.25) is 4.79 Å². The maximum atomic E-state index is 13.3.